The second kappa shape index (κ2) is 5.35. The molecular weight excluding hydrogens is 248 g/mol. The topological polar surface area (TPSA) is 66.7 Å². The number of aryl methyl sites for hydroxylation is 1. The minimum Gasteiger partial charge on any atom is -0.381 e. The van der Waals surface area contributed by atoms with Crippen LogP contribution in [0.3, 0.4) is 0 Å². The summed E-state index contributed by atoms with van der Waals surface area (Å²) in [7, 11) is 0. The van der Waals surface area contributed by atoms with E-state index in [1.54, 1.807) is 0 Å². The lowest BCUT2D eigenvalue weighted by atomic mass is 10.1. The lowest BCUT2D eigenvalue weighted by molar-refractivity contribution is 1.06. The van der Waals surface area contributed by atoms with Crippen LogP contribution in [0.25, 0.3) is 11.0 Å². The van der Waals surface area contributed by atoms with Gasteiger partial charge in [0.25, 0.3) is 0 Å². The molecule has 1 heterocycles. The van der Waals surface area contributed by atoms with E-state index in [-0.39, 0.29) is 0 Å². The number of imidazole rings is 1. The maximum Gasteiger partial charge on any atom is 0.104 e. The highest BCUT2D eigenvalue weighted by Gasteiger charge is 2.01. The highest BCUT2D eigenvalue weighted by molar-refractivity contribution is 5.79. The van der Waals surface area contributed by atoms with E-state index in [1.165, 1.54) is 5.56 Å². The molecule has 0 radical (unpaired) electrons. The van der Waals surface area contributed by atoms with Gasteiger partial charge in [0.1, 0.15) is 5.82 Å². The number of nitrogens with one attached hydrogen (secondary N) is 2. The Balaban J connectivity index is 1.72. The minimum absolute atomic E-state index is 0.587. The number of aromatic amines is 1. The van der Waals surface area contributed by atoms with Crippen LogP contribution in [-0.4, -0.2) is 9.97 Å². The van der Waals surface area contributed by atoms with Gasteiger partial charge in [-0.1, -0.05) is 24.3 Å². The first-order valence-corrected chi connectivity index (χ1v) is 6.73. The van der Waals surface area contributed by atoms with E-state index in [0.29, 0.717) is 6.54 Å². The largest absolute Gasteiger partial charge is 0.381 e. The molecule has 0 saturated carbocycles. The molecule has 3 aromatic rings. The average molecular weight is 266 g/mol. The summed E-state index contributed by atoms with van der Waals surface area (Å²) in [5.41, 5.74) is 11.1. The number of nitrogens with zero attached hydrogens (tertiary/aromatic N) is 1. The quantitative estimate of drug-likeness (QED) is 0.680. The lowest BCUT2D eigenvalue weighted by Gasteiger charge is -2.07. The normalized spacial score (nSPS) is 10.9. The van der Waals surface area contributed by atoms with E-state index in [9.17, 15) is 0 Å². The maximum absolute atomic E-state index is 5.59. The van der Waals surface area contributed by atoms with Gasteiger partial charge in [-0.25, -0.2) is 4.98 Å². The minimum atomic E-state index is 0.587. The Morgan fingerprint density at radius 1 is 1.10 bits per heavy atom. The monoisotopic (exact) mass is 266 g/mol. The molecule has 0 aliphatic heterocycles. The van der Waals surface area contributed by atoms with E-state index in [4.69, 9.17) is 5.73 Å². The van der Waals surface area contributed by atoms with Gasteiger partial charge in [0.05, 0.1) is 11.0 Å². The molecule has 0 aliphatic carbocycles. The van der Waals surface area contributed by atoms with Gasteiger partial charge in [0.15, 0.2) is 0 Å². The molecule has 0 fully saturated rings. The van der Waals surface area contributed by atoms with Crippen LogP contribution >= 0.6 is 0 Å². The van der Waals surface area contributed by atoms with Crippen LogP contribution in [0.2, 0.25) is 0 Å². The molecule has 0 amide bonds. The molecule has 4 N–H and O–H groups in total. The average Bonchev–Trinajstić information content (AvgIpc) is 2.85. The van der Waals surface area contributed by atoms with Gasteiger partial charge >= 0.3 is 0 Å². The Morgan fingerprint density at radius 3 is 2.60 bits per heavy atom. The Morgan fingerprint density at radius 2 is 1.85 bits per heavy atom. The Bertz CT molecular complexity index is 713. The predicted molar refractivity (Wildman–Crippen MR) is 82.5 cm³/mol. The molecule has 0 aliphatic rings. The fraction of sp³-hybridized carbons (Fsp3) is 0.188. The van der Waals surface area contributed by atoms with Gasteiger partial charge < -0.3 is 16.0 Å². The zero-order valence-electron chi connectivity index (χ0n) is 11.5. The fourth-order valence-electron chi connectivity index (χ4n) is 2.24. The predicted octanol–water partition coefficient (Wildman–Crippen LogP) is 2.94. The van der Waals surface area contributed by atoms with E-state index in [1.807, 2.05) is 13.0 Å². The van der Waals surface area contributed by atoms with Crippen LogP contribution in [0.15, 0.2) is 42.5 Å². The molecule has 2 aromatic carbocycles. The number of benzene rings is 2. The van der Waals surface area contributed by atoms with Gasteiger partial charge in [0.2, 0.25) is 0 Å². The number of hydrogen-bond acceptors (Lipinski definition) is 3. The molecule has 0 atom stereocenters. The molecule has 0 bridgehead atoms. The summed E-state index contributed by atoms with van der Waals surface area (Å²) in [5, 5.41) is 3.42. The molecule has 4 heteroatoms. The van der Waals surface area contributed by atoms with Gasteiger partial charge in [-0.2, -0.15) is 0 Å². The highest BCUT2D eigenvalue weighted by atomic mass is 14.9. The number of nitrogens with two attached hydrogens (primary N) is 1. The molecule has 20 heavy (non-hydrogen) atoms. The van der Waals surface area contributed by atoms with Gasteiger partial charge in [0, 0.05) is 18.8 Å². The van der Waals surface area contributed by atoms with E-state index in [2.05, 4.69) is 51.7 Å². The van der Waals surface area contributed by atoms with Crippen LogP contribution in [0.5, 0.6) is 0 Å². The Kier molecular flexibility index (Phi) is 3.39. The second-order valence-electron chi connectivity index (χ2n) is 4.93. The third-order valence-electron chi connectivity index (χ3n) is 3.36. The van der Waals surface area contributed by atoms with Gasteiger partial charge in [-0.15, -0.1) is 0 Å². The third-order valence-corrected chi connectivity index (χ3v) is 3.36. The van der Waals surface area contributed by atoms with Crippen molar-refractivity contribution >= 4 is 16.7 Å². The van der Waals surface area contributed by atoms with Crippen molar-refractivity contribution in [1.29, 1.82) is 0 Å². The Labute approximate surface area is 118 Å². The standard InChI is InChI=1S/C16H18N4/c1-11-19-15-7-6-14(8-16(15)20-11)18-10-13-4-2-12(9-17)3-5-13/h2-8,18H,9-10,17H2,1H3,(H,19,20). The number of H-pyrrole nitrogens is 1. The molecule has 3 rings (SSSR count). The number of rotatable bonds is 4. The Hall–Kier alpha value is -2.33. The smallest absolute Gasteiger partial charge is 0.104 e. The summed E-state index contributed by atoms with van der Waals surface area (Å²) in [5.74, 6) is 0.939. The molecule has 0 spiro atoms. The lowest BCUT2D eigenvalue weighted by Crippen LogP contribution is -2.00. The molecule has 0 saturated heterocycles. The van der Waals surface area contributed by atoms with Gasteiger partial charge in [-0.3, -0.25) is 0 Å². The number of anilines is 1. The zero-order chi connectivity index (χ0) is 13.9. The van der Waals surface area contributed by atoms with Crippen molar-refractivity contribution < 1.29 is 0 Å². The summed E-state index contributed by atoms with van der Waals surface area (Å²) >= 11 is 0. The summed E-state index contributed by atoms with van der Waals surface area (Å²) in [6.45, 7) is 3.35. The van der Waals surface area contributed by atoms with Crippen molar-refractivity contribution in [2.24, 2.45) is 5.73 Å². The molecular formula is C16H18N4. The van der Waals surface area contributed by atoms with Crippen LogP contribution in [0, 0.1) is 6.92 Å². The summed E-state index contributed by atoms with van der Waals surface area (Å²) in [4.78, 5) is 7.64. The SMILES string of the molecule is Cc1nc2ccc(NCc3ccc(CN)cc3)cc2[nH]1. The van der Waals surface area contributed by atoms with Crippen molar-refractivity contribution in [1.82, 2.24) is 9.97 Å². The van der Waals surface area contributed by atoms with Crippen LogP contribution in [-0.2, 0) is 13.1 Å². The first-order valence-electron chi connectivity index (χ1n) is 6.73. The van der Waals surface area contributed by atoms with Gasteiger partial charge in [-0.05, 0) is 36.2 Å². The van der Waals surface area contributed by atoms with Crippen molar-refractivity contribution in [3.63, 3.8) is 0 Å². The molecule has 102 valence electrons. The number of aromatic nitrogens is 2. The maximum atomic E-state index is 5.59. The second-order valence-corrected chi connectivity index (χ2v) is 4.93. The number of fused-ring (bicyclic) bond motifs is 1. The summed E-state index contributed by atoms with van der Waals surface area (Å²) in [6.07, 6.45) is 0. The van der Waals surface area contributed by atoms with E-state index < -0.39 is 0 Å². The summed E-state index contributed by atoms with van der Waals surface area (Å²) < 4.78 is 0. The highest BCUT2D eigenvalue weighted by Crippen LogP contribution is 2.17. The third kappa shape index (κ3) is 2.65. The van der Waals surface area contributed by atoms with E-state index in [0.717, 1.165) is 34.7 Å². The van der Waals surface area contributed by atoms with Crippen molar-refractivity contribution in [3.8, 4) is 0 Å². The zero-order valence-corrected chi connectivity index (χ0v) is 11.5. The molecule has 1 aromatic heterocycles. The van der Waals surface area contributed by atoms with Crippen LogP contribution < -0.4 is 11.1 Å². The molecule has 0 unspecified atom stereocenters. The first-order chi connectivity index (χ1) is 9.74. The van der Waals surface area contributed by atoms with Crippen molar-refractivity contribution in [3.05, 3.63) is 59.4 Å². The fourth-order valence-corrected chi connectivity index (χ4v) is 2.24. The van der Waals surface area contributed by atoms with Crippen molar-refractivity contribution in [2.75, 3.05) is 5.32 Å². The number of hydrogen-bond donors (Lipinski definition) is 3. The van der Waals surface area contributed by atoms with E-state index >= 15 is 0 Å². The molecule has 4 nitrogen and oxygen atoms in total. The van der Waals surface area contributed by atoms with Crippen LogP contribution in [0.1, 0.15) is 17.0 Å². The first kappa shape index (κ1) is 12.7. The van der Waals surface area contributed by atoms with Crippen LogP contribution in [0.4, 0.5) is 5.69 Å². The summed E-state index contributed by atoms with van der Waals surface area (Å²) in [6, 6.07) is 14.5. The van der Waals surface area contributed by atoms with Crippen molar-refractivity contribution in [2.45, 2.75) is 20.0 Å².